The monoisotopic (exact) mass is 404 g/mol. The lowest BCUT2D eigenvalue weighted by atomic mass is 10.1. The second-order valence-corrected chi connectivity index (χ2v) is 9.50. The van der Waals surface area contributed by atoms with Crippen LogP contribution >= 0.6 is 11.3 Å². The molecule has 0 saturated carbocycles. The van der Waals surface area contributed by atoms with Gasteiger partial charge >= 0.3 is 0 Å². The first-order valence-electron chi connectivity index (χ1n) is 8.03. The van der Waals surface area contributed by atoms with E-state index in [0.29, 0.717) is 22.0 Å². The molecule has 0 aliphatic carbocycles. The fourth-order valence-corrected chi connectivity index (χ4v) is 4.22. The Morgan fingerprint density at radius 3 is 2.56 bits per heavy atom. The van der Waals surface area contributed by atoms with Crippen molar-refractivity contribution in [3.05, 3.63) is 70.4 Å². The van der Waals surface area contributed by atoms with Gasteiger partial charge in [-0.3, -0.25) is 10.1 Å². The highest BCUT2D eigenvalue weighted by Crippen LogP contribution is 2.30. The third-order valence-electron chi connectivity index (χ3n) is 3.75. The summed E-state index contributed by atoms with van der Waals surface area (Å²) in [6.45, 7) is 1.87. The van der Waals surface area contributed by atoms with Crippen LogP contribution in [0.4, 0.5) is 9.52 Å². The van der Waals surface area contributed by atoms with Crippen LogP contribution in [0.5, 0.6) is 0 Å². The molecular weight excluding hydrogens is 387 g/mol. The van der Waals surface area contributed by atoms with Crippen LogP contribution in [0.1, 0.15) is 20.8 Å². The molecule has 0 bridgehead atoms. The number of aryl methyl sites for hydroxylation is 1. The van der Waals surface area contributed by atoms with Gasteiger partial charge in [0.25, 0.3) is 5.91 Å². The van der Waals surface area contributed by atoms with E-state index in [1.165, 1.54) is 23.5 Å². The van der Waals surface area contributed by atoms with Crippen molar-refractivity contribution in [1.82, 2.24) is 4.98 Å². The Hall–Kier alpha value is -2.58. The fourth-order valence-electron chi connectivity index (χ4n) is 2.60. The molecule has 3 rings (SSSR count). The summed E-state index contributed by atoms with van der Waals surface area (Å²) < 4.78 is 36.0. The number of nitrogens with zero attached hydrogens (tertiary/aromatic N) is 1. The van der Waals surface area contributed by atoms with Crippen molar-refractivity contribution in [2.75, 3.05) is 11.6 Å². The second kappa shape index (κ2) is 7.58. The number of rotatable bonds is 5. The van der Waals surface area contributed by atoms with Crippen molar-refractivity contribution in [3.8, 4) is 11.3 Å². The molecule has 1 amide bonds. The summed E-state index contributed by atoms with van der Waals surface area (Å²) in [6.07, 6.45) is 1.15. The van der Waals surface area contributed by atoms with Gasteiger partial charge in [0, 0.05) is 22.3 Å². The molecule has 3 aromatic rings. The summed E-state index contributed by atoms with van der Waals surface area (Å²) in [5.74, 6) is -0.821. The van der Waals surface area contributed by atoms with Crippen LogP contribution in [0.15, 0.2) is 48.5 Å². The third kappa shape index (κ3) is 4.99. The van der Waals surface area contributed by atoms with Crippen LogP contribution in [0.2, 0.25) is 0 Å². The number of sulfone groups is 1. The van der Waals surface area contributed by atoms with E-state index in [-0.39, 0.29) is 17.5 Å². The van der Waals surface area contributed by atoms with E-state index in [1.54, 1.807) is 36.4 Å². The molecule has 0 saturated heterocycles. The number of benzene rings is 2. The average molecular weight is 404 g/mol. The first kappa shape index (κ1) is 19.2. The Morgan fingerprint density at radius 2 is 1.89 bits per heavy atom. The SMILES string of the molecule is Cc1sc(NC(=O)c2cccc(CS(C)(=O)=O)c2)nc1-c1ccc(F)cc1. The minimum Gasteiger partial charge on any atom is -0.298 e. The van der Waals surface area contributed by atoms with Crippen molar-refractivity contribution in [1.29, 1.82) is 0 Å². The van der Waals surface area contributed by atoms with E-state index < -0.39 is 9.84 Å². The van der Waals surface area contributed by atoms with Crippen LogP contribution in [0.25, 0.3) is 11.3 Å². The first-order valence-corrected chi connectivity index (χ1v) is 10.9. The summed E-state index contributed by atoms with van der Waals surface area (Å²) in [7, 11) is -3.18. The summed E-state index contributed by atoms with van der Waals surface area (Å²) in [6, 6.07) is 12.5. The zero-order valence-corrected chi connectivity index (χ0v) is 16.3. The zero-order valence-electron chi connectivity index (χ0n) is 14.7. The third-order valence-corrected chi connectivity index (χ3v) is 5.50. The van der Waals surface area contributed by atoms with Gasteiger partial charge in [-0.1, -0.05) is 12.1 Å². The largest absolute Gasteiger partial charge is 0.298 e. The fraction of sp³-hybridized carbons (Fsp3) is 0.158. The van der Waals surface area contributed by atoms with E-state index in [2.05, 4.69) is 10.3 Å². The van der Waals surface area contributed by atoms with Crippen LogP contribution < -0.4 is 5.32 Å². The molecule has 1 heterocycles. The highest BCUT2D eigenvalue weighted by Gasteiger charge is 2.14. The van der Waals surface area contributed by atoms with Gasteiger partial charge in [0.2, 0.25) is 0 Å². The highest BCUT2D eigenvalue weighted by molar-refractivity contribution is 7.89. The summed E-state index contributed by atoms with van der Waals surface area (Å²) in [5, 5.41) is 3.16. The van der Waals surface area contributed by atoms with E-state index >= 15 is 0 Å². The number of thiazole rings is 1. The Bertz CT molecular complexity index is 1090. The maximum Gasteiger partial charge on any atom is 0.257 e. The number of hydrogen-bond donors (Lipinski definition) is 1. The van der Waals surface area contributed by atoms with Gasteiger partial charge in [-0.2, -0.15) is 0 Å². The molecule has 1 N–H and O–H groups in total. The van der Waals surface area contributed by atoms with E-state index in [9.17, 15) is 17.6 Å². The molecule has 0 unspecified atom stereocenters. The van der Waals surface area contributed by atoms with Gasteiger partial charge in [-0.05, 0) is 48.9 Å². The Morgan fingerprint density at radius 1 is 1.19 bits per heavy atom. The number of aromatic nitrogens is 1. The molecule has 5 nitrogen and oxygen atoms in total. The molecule has 1 aromatic heterocycles. The minimum atomic E-state index is -3.18. The summed E-state index contributed by atoms with van der Waals surface area (Å²) >= 11 is 1.32. The Labute approximate surface area is 160 Å². The Balaban J connectivity index is 1.80. The maximum atomic E-state index is 13.1. The van der Waals surface area contributed by atoms with Crippen molar-refractivity contribution >= 4 is 32.2 Å². The molecule has 8 heteroatoms. The lowest BCUT2D eigenvalue weighted by Gasteiger charge is -2.04. The molecule has 0 aliphatic rings. The molecule has 0 atom stereocenters. The standard InChI is InChI=1S/C19H17FN2O3S2/c1-12-17(14-6-8-16(20)9-7-14)21-19(26-12)22-18(23)15-5-3-4-13(10-15)11-27(2,24)25/h3-10H,11H2,1-2H3,(H,21,22,23). The van der Waals surface area contributed by atoms with E-state index in [1.807, 2.05) is 6.92 Å². The van der Waals surface area contributed by atoms with Gasteiger partial charge in [0.05, 0.1) is 11.4 Å². The van der Waals surface area contributed by atoms with Crippen molar-refractivity contribution in [2.24, 2.45) is 0 Å². The highest BCUT2D eigenvalue weighted by atomic mass is 32.2. The van der Waals surface area contributed by atoms with Crippen molar-refractivity contribution in [3.63, 3.8) is 0 Å². The van der Waals surface area contributed by atoms with Gasteiger partial charge in [-0.25, -0.2) is 17.8 Å². The lowest BCUT2D eigenvalue weighted by molar-refractivity contribution is 0.102. The maximum absolute atomic E-state index is 13.1. The topological polar surface area (TPSA) is 76.1 Å². The minimum absolute atomic E-state index is 0.126. The molecule has 0 spiro atoms. The molecule has 2 aromatic carbocycles. The van der Waals surface area contributed by atoms with Crippen molar-refractivity contribution in [2.45, 2.75) is 12.7 Å². The molecular formula is C19H17FN2O3S2. The first-order chi connectivity index (χ1) is 12.7. The van der Waals surface area contributed by atoms with Crippen molar-refractivity contribution < 1.29 is 17.6 Å². The molecule has 0 fully saturated rings. The normalized spacial score (nSPS) is 11.4. The van der Waals surface area contributed by atoms with Crippen LogP contribution in [-0.4, -0.2) is 25.6 Å². The number of anilines is 1. The van der Waals surface area contributed by atoms with Crippen LogP contribution in [0, 0.1) is 12.7 Å². The molecule has 0 radical (unpaired) electrons. The number of hydrogen-bond acceptors (Lipinski definition) is 5. The second-order valence-electron chi connectivity index (χ2n) is 6.16. The lowest BCUT2D eigenvalue weighted by Crippen LogP contribution is -2.12. The zero-order chi connectivity index (χ0) is 19.6. The van der Waals surface area contributed by atoms with Gasteiger partial charge in [0.15, 0.2) is 15.0 Å². The number of nitrogens with one attached hydrogen (secondary N) is 1. The van der Waals surface area contributed by atoms with Gasteiger partial charge in [-0.15, -0.1) is 11.3 Å². The van der Waals surface area contributed by atoms with Crippen LogP contribution in [-0.2, 0) is 15.6 Å². The predicted molar refractivity (Wildman–Crippen MR) is 105 cm³/mol. The average Bonchev–Trinajstić information content (AvgIpc) is 2.94. The molecule has 27 heavy (non-hydrogen) atoms. The predicted octanol–water partition coefficient (Wildman–Crippen LogP) is 4.05. The number of amides is 1. The van der Waals surface area contributed by atoms with Crippen LogP contribution in [0.3, 0.4) is 0 Å². The van der Waals surface area contributed by atoms with Gasteiger partial charge < -0.3 is 0 Å². The van der Waals surface area contributed by atoms with Gasteiger partial charge in [0.1, 0.15) is 5.82 Å². The molecule has 0 aliphatic heterocycles. The smallest absolute Gasteiger partial charge is 0.257 e. The number of carbonyl (C=O) groups excluding carboxylic acids is 1. The summed E-state index contributed by atoms with van der Waals surface area (Å²) in [4.78, 5) is 17.8. The van der Waals surface area contributed by atoms with E-state index in [4.69, 9.17) is 0 Å². The summed E-state index contributed by atoms with van der Waals surface area (Å²) in [5.41, 5.74) is 2.35. The quantitative estimate of drug-likeness (QED) is 0.696. The van der Waals surface area contributed by atoms with E-state index in [0.717, 1.165) is 16.7 Å². The molecule has 140 valence electrons. The number of carbonyl (C=O) groups is 1. The number of halogens is 1. The Kier molecular flexibility index (Phi) is 5.38.